The predicted molar refractivity (Wildman–Crippen MR) is 79.9 cm³/mol. The number of alkyl halides is 3. The highest BCUT2D eigenvalue weighted by molar-refractivity contribution is 5.79. The molecule has 0 radical (unpaired) electrons. The number of allylic oxidation sites excluding steroid dienone is 3. The first kappa shape index (κ1) is 16.5. The topological polar surface area (TPSA) is 68.9 Å². The fraction of sp³-hybridized carbons (Fsp3) is 0.188. The van der Waals surface area contributed by atoms with E-state index in [0.717, 1.165) is 6.07 Å². The van der Waals surface area contributed by atoms with Crippen molar-refractivity contribution in [2.75, 3.05) is 0 Å². The van der Waals surface area contributed by atoms with E-state index in [4.69, 9.17) is 6.57 Å². The van der Waals surface area contributed by atoms with Crippen LogP contribution in [0.3, 0.4) is 0 Å². The van der Waals surface area contributed by atoms with Crippen molar-refractivity contribution in [2.45, 2.75) is 19.0 Å². The van der Waals surface area contributed by atoms with Crippen molar-refractivity contribution in [3.63, 3.8) is 0 Å². The molecule has 126 valence electrons. The maximum absolute atomic E-state index is 14.5. The number of hydrogen-bond donors (Lipinski definition) is 2. The Labute approximate surface area is 139 Å². The maximum Gasteiger partial charge on any atom is 0.432 e. The molecular weight excluding hydrogens is 338 g/mol. The minimum Gasteiger partial charge on any atom is -0.364 e. The van der Waals surface area contributed by atoms with Crippen LogP contribution in [0.4, 0.5) is 17.6 Å². The molecule has 2 heterocycles. The van der Waals surface area contributed by atoms with Crippen molar-refractivity contribution in [1.82, 2.24) is 15.5 Å². The van der Waals surface area contributed by atoms with Gasteiger partial charge in [0.15, 0.2) is 5.70 Å². The Kier molecular flexibility index (Phi) is 3.73. The van der Waals surface area contributed by atoms with E-state index in [-0.39, 0.29) is 17.0 Å². The highest BCUT2D eigenvalue weighted by atomic mass is 19.4. The maximum atomic E-state index is 14.5. The molecule has 0 saturated heterocycles. The highest BCUT2D eigenvalue weighted by Gasteiger charge is 2.44. The second-order valence-corrected chi connectivity index (χ2v) is 5.41. The molecule has 2 aromatic rings. The fourth-order valence-electron chi connectivity index (χ4n) is 2.82. The molecule has 9 heteroatoms. The van der Waals surface area contributed by atoms with E-state index in [9.17, 15) is 22.8 Å². The lowest BCUT2D eigenvalue weighted by atomic mass is 9.83. The number of H-pyrrole nitrogens is 1. The minimum atomic E-state index is -4.84. The van der Waals surface area contributed by atoms with E-state index in [1.807, 2.05) is 0 Å². The summed E-state index contributed by atoms with van der Waals surface area (Å²) in [4.78, 5) is 3.23. The van der Waals surface area contributed by atoms with Gasteiger partial charge in [0.25, 0.3) is 0 Å². The Morgan fingerprint density at radius 1 is 1.36 bits per heavy atom. The lowest BCUT2D eigenvalue weighted by molar-refractivity contribution is -0.0969. The van der Waals surface area contributed by atoms with Gasteiger partial charge in [-0.05, 0) is 24.6 Å². The van der Waals surface area contributed by atoms with Crippen LogP contribution in [0.15, 0.2) is 41.0 Å². The third-order valence-electron chi connectivity index (χ3n) is 3.92. The molecule has 0 aliphatic carbocycles. The van der Waals surface area contributed by atoms with Gasteiger partial charge in [0.2, 0.25) is 0 Å². The van der Waals surface area contributed by atoms with Crippen LogP contribution in [0.25, 0.3) is 15.7 Å². The largest absolute Gasteiger partial charge is 0.432 e. The monoisotopic (exact) mass is 347 g/mol. The zero-order valence-electron chi connectivity index (χ0n) is 12.7. The number of nitrogens with zero attached hydrogens (tertiary/aromatic N) is 3. The summed E-state index contributed by atoms with van der Waals surface area (Å²) in [7, 11) is 0. The Hall–Kier alpha value is -3.33. The standard InChI is InChI=1S/C16H9F4N5/c1-7-14(22-2)13(10(5-21)15(24-7)16(18,19)20)9-3-8-6-23-25-12(8)4-11(9)17/h3-4,6,13,24H,1H3,(H,23,25). The van der Waals surface area contributed by atoms with Gasteiger partial charge in [0.05, 0.1) is 35.8 Å². The Balaban J connectivity index is 2.33. The number of aromatic nitrogens is 2. The second kappa shape index (κ2) is 5.64. The predicted octanol–water partition coefficient (Wildman–Crippen LogP) is 3.88. The van der Waals surface area contributed by atoms with Crippen LogP contribution < -0.4 is 5.32 Å². The van der Waals surface area contributed by atoms with Crippen molar-refractivity contribution < 1.29 is 17.6 Å². The Morgan fingerprint density at radius 3 is 2.68 bits per heavy atom. The quantitative estimate of drug-likeness (QED) is 0.608. The second-order valence-electron chi connectivity index (χ2n) is 5.41. The van der Waals surface area contributed by atoms with Gasteiger partial charge in [-0.15, -0.1) is 0 Å². The first-order chi connectivity index (χ1) is 11.8. The van der Waals surface area contributed by atoms with Gasteiger partial charge < -0.3 is 5.32 Å². The lowest BCUT2D eigenvalue weighted by Crippen LogP contribution is -2.33. The number of nitriles is 1. The van der Waals surface area contributed by atoms with Crippen LogP contribution in [0, 0.1) is 23.7 Å². The van der Waals surface area contributed by atoms with E-state index in [0.29, 0.717) is 10.9 Å². The highest BCUT2D eigenvalue weighted by Crippen LogP contribution is 2.43. The number of rotatable bonds is 1. The van der Waals surface area contributed by atoms with Gasteiger partial charge in [0.1, 0.15) is 11.5 Å². The first-order valence-electron chi connectivity index (χ1n) is 6.97. The molecule has 0 amide bonds. The van der Waals surface area contributed by atoms with Crippen LogP contribution in [-0.2, 0) is 0 Å². The molecule has 0 spiro atoms. The summed E-state index contributed by atoms with van der Waals surface area (Å²) >= 11 is 0. The van der Waals surface area contributed by atoms with Gasteiger partial charge in [0, 0.05) is 11.1 Å². The molecule has 1 aliphatic heterocycles. The molecule has 3 rings (SSSR count). The molecular formula is C16H9F4N5. The van der Waals surface area contributed by atoms with E-state index in [1.54, 1.807) is 0 Å². The van der Waals surface area contributed by atoms with E-state index >= 15 is 0 Å². The van der Waals surface area contributed by atoms with Crippen molar-refractivity contribution in [3.05, 3.63) is 63.8 Å². The smallest absolute Gasteiger partial charge is 0.364 e. The summed E-state index contributed by atoms with van der Waals surface area (Å²) < 4.78 is 54.4. The molecule has 0 fully saturated rings. The van der Waals surface area contributed by atoms with E-state index in [2.05, 4.69) is 20.4 Å². The molecule has 25 heavy (non-hydrogen) atoms. The van der Waals surface area contributed by atoms with E-state index < -0.39 is 29.2 Å². The molecule has 1 unspecified atom stereocenters. The fourth-order valence-corrected chi connectivity index (χ4v) is 2.82. The number of benzene rings is 1. The SMILES string of the molecule is [C-]#[N+]C1=C(C)NC(C(F)(F)F)=C(C#N)C1c1cc2cn[nH]c2cc1F. The number of fused-ring (bicyclic) bond motifs is 1. The minimum absolute atomic E-state index is 0.0713. The van der Waals surface area contributed by atoms with Gasteiger partial charge >= 0.3 is 6.18 Å². The van der Waals surface area contributed by atoms with Gasteiger partial charge in [-0.25, -0.2) is 9.24 Å². The Morgan fingerprint density at radius 2 is 2.08 bits per heavy atom. The molecule has 2 N–H and O–H groups in total. The summed E-state index contributed by atoms with van der Waals surface area (Å²) in [6, 6.07) is 3.87. The summed E-state index contributed by atoms with van der Waals surface area (Å²) in [6.45, 7) is 8.56. The number of dihydropyridines is 1. The number of aromatic amines is 1. The summed E-state index contributed by atoms with van der Waals surface area (Å²) in [5.41, 5.74) is -2.08. The molecule has 0 bridgehead atoms. The zero-order chi connectivity index (χ0) is 18.4. The van der Waals surface area contributed by atoms with Crippen LogP contribution >= 0.6 is 0 Å². The average Bonchev–Trinajstić information content (AvgIpc) is 2.99. The normalized spacial score (nSPS) is 18.1. The van der Waals surface area contributed by atoms with Crippen LogP contribution in [0.2, 0.25) is 0 Å². The molecule has 0 saturated carbocycles. The zero-order valence-corrected chi connectivity index (χ0v) is 12.7. The van der Waals surface area contributed by atoms with Crippen molar-refractivity contribution >= 4 is 10.9 Å². The van der Waals surface area contributed by atoms with Crippen molar-refractivity contribution in [2.24, 2.45) is 0 Å². The van der Waals surface area contributed by atoms with Gasteiger partial charge in [-0.2, -0.15) is 23.5 Å². The molecule has 1 aliphatic rings. The number of nitrogens with one attached hydrogen (secondary N) is 2. The summed E-state index contributed by atoms with van der Waals surface area (Å²) in [5.74, 6) is -2.27. The molecule has 1 atom stereocenters. The van der Waals surface area contributed by atoms with E-state index in [1.165, 1.54) is 25.3 Å². The van der Waals surface area contributed by atoms with Gasteiger partial charge in [-0.1, -0.05) is 0 Å². The third-order valence-corrected chi connectivity index (χ3v) is 3.92. The first-order valence-corrected chi connectivity index (χ1v) is 6.97. The molecule has 5 nitrogen and oxygen atoms in total. The van der Waals surface area contributed by atoms with Crippen LogP contribution in [0.5, 0.6) is 0 Å². The summed E-state index contributed by atoms with van der Waals surface area (Å²) in [5, 5.41) is 18.1. The van der Waals surface area contributed by atoms with Crippen LogP contribution in [0.1, 0.15) is 18.4 Å². The molecule has 1 aromatic heterocycles. The van der Waals surface area contributed by atoms with Crippen molar-refractivity contribution in [3.8, 4) is 6.07 Å². The number of halogens is 4. The Bertz CT molecular complexity index is 1010. The summed E-state index contributed by atoms with van der Waals surface area (Å²) in [6.07, 6.45) is -3.46. The third kappa shape index (κ3) is 2.60. The van der Waals surface area contributed by atoms with Crippen molar-refractivity contribution in [1.29, 1.82) is 5.26 Å². The average molecular weight is 347 g/mol. The molecule has 1 aromatic carbocycles. The van der Waals surface area contributed by atoms with Crippen LogP contribution in [-0.4, -0.2) is 16.4 Å². The van der Waals surface area contributed by atoms with Gasteiger partial charge in [-0.3, -0.25) is 5.10 Å². The number of hydrogen-bond acceptors (Lipinski definition) is 3. The lowest BCUT2D eigenvalue weighted by Gasteiger charge is -2.28.